The Bertz CT molecular complexity index is 456. The van der Waals surface area contributed by atoms with Gasteiger partial charge in [0.1, 0.15) is 5.82 Å². The van der Waals surface area contributed by atoms with Crippen LogP contribution >= 0.6 is 0 Å². The fourth-order valence-corrected chi connectivity index (χ4v) is 2.75. The van der Waals surface area contributed by atoms with Crippen LogP contribution in [0.3, 0.4) is 0 Å². The van der Waals surface area contributed by atoms with Gasteiger partial charge in [-0.2, -0.15) is 0 Å². The molecule has 3 nitrogen and oxygen atoms in total. The molecule has 116 valence electrons. The first-order valence-corrected chi connectivity index (χ1v) is 7.96. The largest absolute Gasteiger partial charge is 0.357 e. The summed E-state index contributed by atoms with van der Waals surface area (Å²) >= 11 is 0. The molecule has 0 aliphatic carbocycles. The number of guanidine groups is 1. The molecule has 1 heterocycles. The second-order valence-electron chi connectivity index (χ2n) is 5.81. The third kappa shape index (κ3) is 5.03. The Morgan fingerprint density at radius 1 is 1.38 bits per heavy atom. The highest BCUT2D eigenvalue weighted by Crippen LogP contribution is 2.15. The summed E-state index contributed by atoms with van der Waals surface area (Å²) in [5.41, 5.74) is 1.13. The predicted molar refractivity (Wildman–Crippen MR) is 86.1 cm³/mol. The maximum atomic E-state index is 12.9. The summed E-state index contributed by atoms with van der Waals surface area (Å²) in [4.78, 5) is 7.09. The smallest absolute Gasteiger partial charge is 0.193 e. The average molecular weight is 291 g/mol. The molecular formula is C17H26FN3. The van der Waals surface area contributed by atoms with Crippen LogP contribution in [-0.4, -0.2) is 37.0 Å². The molecule has 0 radical (unpaired) electrons. The molecule has 1 saturated heterocycles. The fraction of sp³-hybridized carbons (Fsp3) is 0.588. The minimum Gasteiger partial charge on any atom is -0.357 e. The van der Waals surface area contributed by atoms with E-state index in [1.165, 1.54) is 25.0 Å². The van der Waals surface area contributed by atoms with E-state index in [1.54, 1.807) is 0 Å². The minimum absolute atomic E-state index is 0.183. The number of benzene rings is 1. The number of hydrogen-bond acceptors (Lipinski definition) is 1. The lowest BCUT2D eigenvalue weighted by Crippen LogP contribution is -2.46. The van der Waals surface area contributed by atoms with Crippen LogP contribution in [-0.2, 0) is 6.42 Å². The summed E-state index contributed by atoms with van der Waals surface area (Å²) in [6.45, 7) is 8.20. The Balaban J connectivity index is 1.92. The molecule has 1 aromatic carbocycles. The van der Waals surface area contributed by atoms with Gasteiger partial charge >= 0.3 is 0 Å². The van der Waals surface area contributed by atoms with E-state index in [0.717, 1.165) is 50.0 Å². The zero-order chi connectivity index (χ0) is 15.1. The Kier molecular flexibility index (Phi) is 6.03. The third-order valence-electron chi connectivity index (χ3n) is 3.87. The van der Waals surface area contributed by atoms with Gasteiger partial charge in [0.25, 0.3) is 0 Å². The number of aliphatic imine (C=N–C) groups is 1. The van der Waals surface area contributed by atoms with Crippen LogP contribution < -0.4 is 5.32 Å². The number of rotatable bonds is 4. The van der Waals surface area contributed by atoms with Crippen LogP contribution in [0.2, 0.25) is 0 Å². The van der Waals surface area contributed by atoms with Crippen molar-refractivity contribution in [2.24, 2.45) is 10.9 Å². The predicted octanol–water partition coefficient (Wildman–Crippen LogP) is 3.07. The number of halogens is 1. The van der Waals surface area contributed by atoms with Gasteiger partial charge in [0.2, 0.25) is 0 Å². The molecule has 1 fully saturated rings. The minimum atomic E-state index is -0.183. The summed E-state index contributed by atoms with van der Waals surface area (Å²) in [7, 11) is 0. The molecule has 0 aromatic heterocycles. The van der Waals surface area contributed by atoms with Crippen LogP contribution in [0, 0.1) is 11.7 Å². The van der Waals surface area contributed by atoms with Gasteiger partial charge in [-0.1, -0.05) is 19.1 Å². The summed E-state index contributed by atoms with van der Waals surface area (Å²) in [5, 5.41) is 3.38. The lowest BCUT2D eigenvalue weighted by molar-refractivity contribution is 0.266. The zero-order valence-corrected chi connectivity index (χ0v) is 13.1. The number of likely N-dealkylation sites (tertiary alicyclic amines) is 1. The summed E-state index contributed by atoms with van der Waals surface area (Å²) in [6.07, 6.45) is 3.40. The molecule has 0 amide bonds. The van der Waals surface area contributed by atoms with Gasteiger partial charge < -0.3 is 10.2 Å². The third-order valence-corrected chi connectivity index (χ3v) is 3.87. The van der Waals surface area contributed by atoms with Crippen molar-refractivity contribution >= 4 is 5.96 Å². The van der Waals surface area contributed by atoms with Crippen molar-refractivity contribution in [3.05, 3.63) is 35.6 Å². The summed E-state index contributed by atoms with van der Waals surface area (Å²) in [6, 6.07) is 6.69. The quantitative estimate of drug-likeness (QED) is 0.682. The van der Waals surface area contributed by atoms with E-state index >= 15 is 0 Å². The number of piperidine rings is 1. The van der Waals surface area contributed by atoms with Gasteiger partial charge in [0.05, 0.1) is 0 Å². The highest BCUT2D eigenvalue weighted by atomic mass is 19.1. The summed E-state index contributed by atoms with van der Waals surface area (Å²) < 4.78 is 12.9. The highest BCUT2D eigenvalue weighted by molar-refractivity contribution is 5.80. The second-order valence-corrected chi connectivity index (χ2v) is 5.81. The number of hydrogen-bond donors (Lipinski definition) is 1. The van der Waals surface area contributed by atoms with E-state index < -0.39 is 0 Å². The molecule has 1 aliphatic rings. The van der Waals surface area contributed by atoms with Gasteiger partial charge in [-0.25, -0.2) is 4.39 Å². The lowest BCUT2D eigenvalue weighted by atomic mass is 10.0. The van der Waals surface area contributed by atoms with Crippen molar-refractivity contribution in [2.75, 3.05) is 26.2 Å². The van der Waals surface area contributed by atoms with E-state index in [4.69, 9.17) is 4.99 Å². The Morgan fingerprint density at radius 3 is 2.81 bits per heavy atom. The van der Waals surface area contributed by atoms with Gasteiger partial charge in [-0.05, 0) is 49.8 Å². The van der Waals surface area contributed by atoms with Crippen molar-refractivity contribution in [2.45, 2.75) is 33.1 Å². The first kappa shape index (κ1) is 15.8. The first-order valence-electron chi connectivity index (χ1n) is 7.96. The molecule has 0 saturated carbocycles. The molecular weight excluding hydrogens is 265 g/mol. The van der Waals surface area contributed by atoms with E-state index in [9.17, 15) is 4.39 Å². The molecule has 21 heavy (non-hydrogen) atoms. The lowest BCUT2D eigenvalue weighted by Gasteiger charge is -2.33. The average Bonchev–Trinajstić information content (AvgIpc) is 2.48. The van der Waals surface area contributed by atoms with Crippen LogP contribution in [0.5, 0.6) is 0 Å². The highest BCUT2D eigenvalue weighted by Gasteiger charge is 2.18. The molecule has 0 spiro atoms. The molecule has 2 rings (SSSR count). The summed E-state index contributed by atoms with van der Waals surface area (Å²) in [5.74, 6) is 1.57. The first-order chi connectivity index (χ1) is 10.2. The Morgan fingerprint density at radius 2 is 2.14 bits per heavy atom. The monoisotopic (exact) mass is 291 g/mol. The van der Waals surface area contributed by atoms with Crippen LogP contribution in [0.25, 0.3) is 0 Å². The van der Waals surface area contributed by atoms with Crippen molar-refractivity contribution in [3.63, 3.8) is 0 Å². The molecule has 1 aromatic rings. The SMILES string of the molecule is CCNC(=NCCc1ccc(F)cc1)N1CCCC(C)C1. The van der Waals surface area contributed by atoms with Gasteiger partial charge in [-0.3, -0.25) is 4.99 Å². The van der Waals surface area contributed by atoms with Crippen molar-refractivity contribution in [1.82, 2.24) is 10.2 Å². The van der Waals surface area contributed by atoms with Crippen LogP contribution in [0.4, 0.5) is 4.39 Å². The molecule has 1 aliphatic heterocycles. The Labute approximate surface area is 127 Å². The molecule has 4 heteroatoms. The molecule has 0 bridgehead atoms. The van der Waals surface area contributed by atoms with Gasteiger partial charge in [-0.15, -0.1) is 0 Å². The Hall–Kier alpha value is -1.58. The van der Waals surface area contributed by atoms with Crippen molar-refractivity contribution in [1.29, 1.82) is 0 Å². The topological polar surface area (TPSA) is 27.6 Å². The standard InChI is InChI=1S/C17H26FN3/c1-3-19-17(21-12-4-5-14(2)13-21)20-11-10-15-6-8-16(18)9-7-15/h6-9,14H,3-5,10-13H2,1-2H3,(H,19,20). The number of nitrogens with zero attached hydrogens (tertiary/aromatic N) is 2. The van der Waals surface area contributed by atoms with E-state index in [2.05, 4.69) is 24.1 Å². The van der Waals surface area contributed by atoms with Crippen molar-refractivity contribution < 1.29 is 4.39 Å². The fourth-order valence-electron chi connectivity index (χ4n) is 2.75. The zero-order valence-electron chi connectivity index (χ0n) is 13.1. The van der Waals surface area contributed by atoms with Crippen LogP contribution in [0.15, 0.2) is 29.3 Å². The van der Waals surface area contributed by atoms with Gasteiger partial charge in [0, 0.05) is 26.2 Å². The van der Waals surface area contributed by atoms with Gasteiger partial charge in [0.15, 0.2) is 5.96 Å². The number of nitrogens with one attached hydrogen (secondary N) is 1. The van der Waals surface area contributed by atoms with Crippen LogP contribution in [0.1, 0.15) is 32.3 Å². The maximum absolute atomic E-state index is 12.9. The van der Waals surface area contributed by atoms with E-state index in [0.29, 0.717) is 0 Å². The normalized spacial score (nSPS) is 19.7. The van der Waals surface area contributed by atoms with E-state index in [-0.39, 0.29) is 5.82 Å². The molecule has 1 unspecified atom stereocenters. The molecule has 1 atom stereocenters. The maximum Gasteiger partial charge on any atom is 0.193 e. The van der Waals surface area contributed by atoms with Crippen molar-refractivity contribution in [3.8, 4) is 0 Å². The second kappa shape index (κ2) is 8.01. The van der Waals surface area contributed by atoms with E-state index in [1.807, 2.05) is 12.1 Å². The molecule has 1 N–H and O–H groups in total.